The Bertz CT molecular complexity index is 612. The maximum absolute atomic E-state index is 12.3. The molecule has 1 aromatic rings. The van der Waals surface area contributed by atoms with Gasteiger partial charge in [-0.15, -0.1) is 0 Å². The highest BCUT2D eigenvalue weighted by Gasteiger charge is 2.29. The van der Waals surface area contributed by atoms with E-state index in [9.17, 15) is 4.79 Å². The summed E-state index contributed by atoms with van der Waals surface area (Å²) in [5.41, 5.74) is 0.937. The van der Waals surface area contributed by atoms with Crippen molar-refractivity contribution in [3.63, 3.8) is 0 Å². The number of carbonyl (C=O) groups is 1. The Kier molecular flexibility index (Phi) is 7.04. The van der Waals surface area contributed by atoms with Gasteiger partial charge in [-0.1, -0.05) is 20.8 Å². The van der Waals surface area contributed by atoms with Crippen molar-refractivity contribution < 1.29 is 9.53 Å². The third-order valence-electron chi connectivity index (χ3n) is 5.00. The van der Waals surface area contributed by atoms with Gasteiger partial charge in [0.15, 0.2) is 5.11 Å². The Morgan fingerprint density at radius 2 is 1.69 bits per heavy atom. The minimum Gasteiger partial charge on any atom is -0.491 e. The molecule has 0 saturated heterocycles. The first kappa shape index (κ1) is 20.7. The van der Waals surface area contributed by atoms with Crippen LogP contribution in [0.2, 0.25) is 0 Å². The van der Waals surface area contributed by atoms with Crippen molar-refractivity contribution in [1.82, 2.24) is 10.6 Å². The molecule has 0 spiro atoms. The van der Waals surface area contributed by atoms with Crippen LogP contribution < -0.4 is 15.4 Å². The van der Waals surface area contributed by atoms with E-state index in [0.717, 1.165) is 24.5 Å². The minimum absolute atomic E-state index is 0.111. The van der Waals surface area contributed by atoms with Gasteiger partial charge in [-0.05, 0) is 87.3 Å². The molecule has 4 nitrogen and oxygen atoms in total. The lowest BCUT2D eigenvalue weighted by Gasteiger charge is -2.37. The molecule has 1 aliphatic carbocycles. The largest absolute Gasteiger partial charge is 0.491 e. The van der Waals surface area contributed by atoms with Crippen LogP contribution in [0.25, 0.3) is 0 Å². The highest BCUT2D eigenvalue weighted by Crippen LogP contribution is 2.37. The van der Waals surface area contributed by atoms with Gasteiger partial charge in [0.2, 0.25) is 0 Å². The van der Waals surface area contributed by atoms with Gasteiger partial charge < -0.3 is 10.1 Å². The number of carbonyl (C=O) groups excluding carboxylic acids is 1. The summed E-state index contributed by atoms with van der Waals surface area (Å²) in [7, 11) is 0. The molecule has 0 heterocycles. The molecule has 1 aliphatic rings. The summed E-state index contributed by atoms with van der Waals surface area (Å²) < 4.78 is 5.59. The smallest absolute Gasteiger partial charge is 0.257 e. The normalized spacial score (nSPS) is 20.5. The zero-order valence-corrected chi connectivity index (χ0v) is 17.4. The number of hydrogen-bond donors (Lipinski definition) is 2. The molecular formula is C21H32N2O2S. The van der Waals surface area contributed by atoms with E-state index in [2.05, 4.69) is 31.4 Å². The van der Waals surface area contributed by atoms with Gasteiger partial charge in [0.25, 0.3) is 5.91 Å². The van der Waals surface area contributed by atoms with E-state index in [4.69, 9.17) is 17.0 Å². The van der Waals surface area contributed by atoms with Gasteiger partial charge in [0, 0.05) is 11.6 Å². The molecule has 0 unspecified atom stereocenters. The summed E-state index contributed by atoms with van der Waals surface area (Å²) in [5.74, 6) is 1.32. The Morgan fingerprint density at radius 3 is 2.19 bits per heavy atom. The lowest BCUT2D eigenvalue weighted by Crippen LogP contribution is -2.46. The van der Waals surface area contributed by atoms with Crippen molar-refractivity contribution in [2.45, 2.75) is 72.4 Å². The monoisotopic (exact) mass is 376 g/mol. The summed E-state index contributed by atoms with van der Waals surface area (Å²) in [6.45, 7) is 10.9. The molecule has 0 radical (unpaired) electrons. The number of rotatable bonds is 4. The average Bonchev–Trinajstić information content (AvgIpc) is 2.54. The molecule has 1 fully saturated rings. The fourth-order valence-corrected chi connectivity index (χ4v) is 3.72. The van der Waals surface area contributed by atoms with Gasteiger partial charge in [-0.2, -0.15) is 0 Å². The second-order valence-electron chi connectivity index (χ2n) is 8.53. The fraction of sp³-hybridized carbons (Fsp3) is 0.619. The molecule has 2 rings (SSSR count). The van der Waals surface area contributed by atoms with Crippen molar-refractivity contribution in [1.29, 1.82) is 0 Å². The summed E-state index contributed by atoms with van der Waals surface area (Å²) in [5, 5.41) is 6.50. The molecule has 144 valence electrons. The Hall–Kier alpha value is -1.62. The Morgan fingerprint density at radius 1 is 1.12 bits per heavy atom. The van der Waals surface area contributed by atoms with Crippen LogP contribution in [0.5, 0.6) is 5.75 Å². The van der Waals surface area contributed by atoms with Crippen LogP contribution in [0.15, 0.2) is 24.3 Å². The van der Waals surface area contributed by atoms with Crippen LogP contribution in [0.4, 0.5) is 0 Å². The van der Waals surface area contributed by atoms with Crippen molar-refractivity contribution in [3.8, 4) is 5.75 Å². The molecular weight excluding hydrogens is 344 g/mol. The van der Waals surface area contributed by atoms with Crippen LogP contribution in [0.3, 0.4) is 0 Å². The topological polar surface area (TPSA) is 50.4 Å². The number of ether oxygens (including phenoxy) is 1. The summed E-state index contributed by atoms with van der Waals surface area (Å²) >= 11 is 5.33. The van der Waals surface area contributed by atoms with Crippen LogP contribution >= 0.6 is 12.2 Å². The molecule has 26 heavy (non-hydrogen) atoms. The number of benzene rings is 1. The molecule has 1 amide bonds. The molecule has 5 heteroatoms. The van der Waals surface area contributed by atoms with Crippen LogP contribution in [-0.4, -0.2) is 23.2 Å². The quantitative estimate of drug-likeness (QED) is 0.749. The molecule has 1 saturated carbocycles. The first-order valence-electron chi connectivity index (χ1n) is 9.53. The first-order valence-corrected chi connectivity index (χ1v) is 9.94. The van der Waals surface area contributed by atoms with Gasteiger partial charge in [0.1, 0.15) is 5.75 Å². The average molecular weight is 377 g/mol. The Labute approximate surface area is 163 Å². The summed E-state index contributed by atoms with van der Waals surface area (Å²) in [4.78, 5) is 12.3. The van der Waals surface area contributed by atoms with E-state index in [1.807, 2.05) is 13.8 Å². The SMILES string of the molecule is CC(C)Oc1ccc(C(=O)NC(=S)NC2CCC(C(C)(C)C)CC2)cc1. The number of amides is 1. The lowest BCUT2D eigenvalue weighted by molar-refractivity contribution is 0.0976. The van der Waals surface area contributed by atoms with E-state index in [1.165, 1.54) is 12.8 Å². The van der Waals surface area contributed by atoms with Crippen molar-refractivity contribution in [2.75, 3.05) is 0 Å². The maximum Gasteiger partial charge on any atom is 0.257 e. The van der Waals surface area contributed by atoms with Crippen molar-refractivity contribution >= 4 is 23.2 Å². The number of thiocarbonyl (C=S) groups is 1. The molecule has 1 aromatic carbocycles. The molecule has 0 aliphatic heterocycles. The van der Waals surface area contributed by atoms with Crippen LogP contribution in [0, 0.1) is 11.3 Å². The van der Waals surface area contributed by atoms with Crippen molar-refractivity contribution in [2.24, 2.45) is 11.3 Å². The third-order valence-corrected chi connectivity index (χ3v) is 5.22. The highest BCUT2D eigenvalue weighted by molar-refractivity contribution is 7.80. The van der Waals surface area contributed by atoms with E-state index in [0.29, 0.717) is 22.1 Å². The fourth-order valence-electron chi connectivity index (χ4n) is 3.46. The zero-order valence-electron chi connectivity index (χ0n) is 16.6. The lowest BCUT2D eigenvalue weighted by atomic mass is 9.71. The summed E-state index contributed by atoms with van der Waals surface area (Å²) in [6.07, 6.45) is 4.71. The second kappa shape index (κ2) is 8.85. The highest BCUT2D eigenvalue weighted by atomic mass is 32.1. The zero-order chi connectivity index (χ0) is 19.3. The van der Waals surface area contributed by atoms with Crippen molar-refractivity contribution in [3.05, 3.63) is 29.8 Å². The van der Waals surface area contributed by atoms with Gasteiger partial charge in [-0.25, -0.2) is 0 Å². The van der Waals surface area contributed by atoms with E-state index in [-0.39, 0.29) is 12.0 Å². The van der Waals surface area contributed by atoms with Gasteiger partial charge >= 0.3 is 0 Å². The van der Waals surface area contributed by atoms with Crippen LogP contribution in [-0.2, 0) is 0 Å². The van der Waals surface area contributed by atoms with E-state index < -0.39 is 0 Å². The van der Waals surface area contributed by atoms with E-state index >= 15 is 0 Å². The van der Waals surface area contributed by atoms with Crippen LogP contribution in [0.1, 0.15) is 70.7 Å². The van der Waals surface area contributed by atoms with E-state index in [1.54, 1.807) is 24.3 Å². The Balaban J connectivity index is 1.80. The molecule has 0 aromatic heterocycles. The van der Waals surface area contributed by atoms with Gasteiger partial charge in [0.05, 0.1) is 6.10 Å². The maximum atomic E-state index is 12.3. The predicted molar refractivity (Wildman–Crippen MR) is 111 cm³/mol. The predicted octanol–water partition coefficient (Wildman–Crippen LogP) is 4.68. The number of nitrogens with one attached hydrogen (secondary N) is 2. The van der Waals surface area contributed by atoms with Gasteiger partial charge in [-0.3, -0.25) is 10.1 Å². The third kappa shape index (κ3) is 6.27. The molecule has 0 atom stereocenters. The molecule has 2 N–H and O–H groups in total. The second-order valence-corrected chi connectivity index (χ2v) is 8.94. The minimum atomic E-state index is -0.193. The number of hydrogen-bond acceptors (Lipinski definition) is 3. The summed E-state index contributed by atoms with van der Waals surface area (Å²) in [6, 6.07) is 7.47. The molecule has 0 bridgehead atoms. The first-order chi connectivity index (χ1) is 12.1. The standard InChI is InChI=1S/C21H32N2O2S/c1-14(2)25-18-12-6-15(7-13-18)19(24)23-20(26)22-17-10-8-16(9-11-17)21(3,4)5/h6-7,12-14,16-17H,8-11H2,1-5H3,(H2,22,23,24,26).